The summed E-state index contributed by atoms with van der Waals surface area (Å²) in [5.41, 5.74) is 2.12. The van der Waals surface area contributed by atoms with Gasteiger partial charge in [0.05, 0.1) is 0 Å². The first-order valence-corrected chi connectivity index (χ1v) is 8.53. The van der Waals surface area contributed by atoms with Gasteiger partial charge in [0.1, 0.15) is 5.52 Å². The second-order valence-corrected chi connectivity index (χ2v) is 7.32. The standard InChI is InChI=1S/C18H25N3O3/c1-18(2,11-22)8-3-9-19-17(23)20-13-6-7-14-15(10-13)24-16(21-14)12-4-5-12/h6-7,10,12,22H,3-5,8-9,11H2,1-2H3,(H2,19,20,23). The number of aromatic nitrogens is 1. The molecule has 0 bridgehead atoms. The summed E-state index contributed by atoms with van der Waals surface area (Å²) < 4.78 is 5.76. The number of benzene rings is 1. The molecule has 6 nitrogen and oxygen atoms in total. The van der Waals surface area contributed by atoms with E-state index in [2.05, 4.69) is 15.6 Å². The summed E-state index contributed by atoms with van der Waals surface area (Å²) in [6.07, 6.45) is 3.98. The van der Waals surface area contributed by atoms with E-state index in [0.717, 1.165) is 37.1 Å². The number of hydrogen-bond acceptors (Lipinski definition) is 4. The molecular formula is C18H25N3O3. The number of aliphatic hydroxyl groups excluding tert-OH is 1. The van der Waals surface area contributed by atoms with E-state index in [4.69, 9.17) is 4.42 Å². The highest BCUT2D eigenvalue weighted by atomic mass is 16.3. The highest BCUT2D eigenvalue weighted by Gasteiger charge is 2.28. The van der Waals surface area contributed by atoms with Gasteiger partial charge in [0, 0.05) is 30.8 Å². The van der Waals surface area contributed by atoms with Crippen molar-refractivity contribution in [2.24, 2.45) is 5.41 Å². The number of oxazole rings is 1. The predicted octanol–water partition coefficient (Wildman–Crippen LogP) is 3.63. The van der Waals surface area contributed by atoms with Gasteiger partial charge in [-0.1, -0.05) is 13.8 Å². The Morgan fingerprint density at radius 1 is 1.42 bits per heavy atom. The van der Waals surface area contributed by atoms with E-state index < -0.39 is 0 Å². The molecule has 0 radical (unpaired) electrons. The molecule has 2 amide bonds. The number of nitrogens with zero attached hydrogens (tertiary/aromatic N) is 1. The Bertz CT molecular complexity index is 719. The highest BCUT2D eigenvalue weighted by molar-refractivity contribution is 5.91. The van der Waals surface area contributed by atoms with Gasteiger partial charge < -0.3 is 20.2 Å². The molecule has 0 unspecified atom stereocenters. The van der Waals surface area contributed by atoms with Crippen LogP contribution in [0.15, 0.2) is 22.6 Å². The molecule has 0 saturated heterocycles. The van der Waals surface area contributed by atoms with Crippen molar-refractivity contribution < 1.29 is 14.3 Å². The molecule has 0 aliphatic heterocycles. The van der Waals surface area contributed by atoms with Crippen LogP contribution in [0.1, 0.15) is 51.3 Å². The number of rotatable bonds is 7. The Kier molecular flexibility index (Phi) is 4.76. The van der Waals surface area contributed by atoms with Crippen LogP contribution in [0.5, 0.6) is 0 Å². The number of amides is 2. The molecule has 3 rings (SSSR count). The maximum Gasteiger partial charge on any atom is 0.319 e. The third kappa shape index (κ3) is 4.26. The lowest BCUT2D eigenvalue weighted by Crippen LogP contribution is -2.30. The second kappa shape index (κ2) is 6.81. The van der Waals surface area contributed by atoms with Gasteiger partial charge in [-0.3, -0.25) is 0 Å². The molecule has 6 heteroatoms. The van der Waals surface area contributed by atoms with Crippen LogP contribution in [0.4, 0.5) is 10.5 Å². The molecule has 1 fully saturated rings. The van der Waals surface area contributed by atoms with Crippen molar-refractivity contribution in [3.8, 4) is 0 Å². The Labute approximate surface area is 141 Å². The lowest BCUT2D eigenvalue weighted by atomic mass is 9.89. The van der Waals surface area contributed by atoms with Gasteiger partial charge in [-0.25, -0.2) is 9.78 Å². The molecule has 24 heavy (non-hydrogen) atoms. The molecule has 2 aromatic rings. The van der Waals surface area contributed by atoms with E-state index in [9.17, 15) is 9.90 Å². The average molecular weight is 331 g/mol. The minimum atomic E-state index is -0.238. The number of aliphatic hydroxyl groups is 1. The number of fused-ring (bicyclic) bond motifs is 1. The van der Waals surface area contributed by atoms with E-state index in [-0.39, 0.29) is 18.1 Å². The largest absolute Gasteiger partial charge is 0.440 e. The van der Waals surface area contributed by atoms with E-state index in [1.165, 1.54) is 0 Å². The maximum atomic E-state index is 11.9. The normalized spacial score (nSPS) is 14.8. The quantitative estimate of drug-likeness (QED) is 0.676. The van der Waals surface area contributed by atoms with Crippen LogP contribution < -0.4 is 10.6 Å². The Morgan fingerprint density at radius 3 is 2.92 bits per heavy atom. The number of carbonyl (C=O) groups is 1. The Hall–Kier alpha value is -2.08. The van der Waals surface area contributed by atoms with Crippen molar-refractivity contribution in [2.45, 2.75) is 45.4 Å². The van der Waals surface area contributed by atoms with Crippen LogP contribution in [0, 0.1) is 5.41 Å². The first-order chi connectivity index (χ1) is 11.5. The molecule has 1 aliphatic rings. The van der Waals surface area contributed by atoms with Gasteiger partial charge in [-0.2, -0.15) is 0 Å². The fraction of sp³-hybridized carbons (Fsp3) is 0.556. The van der Waals surface area contributed by atoms with Crippen LogP contribution in [0.3, 0.4) is 0 Å². The van der Waals surface area contributed by atoms with Crippen molar-refractivity contribution in [3.05, 3.63) is 24.1 Å². The summed E-state index contributed by atoms with van der Waals surface area (Å²) in [6.45, 7) is 4.75. The zero-order valence-corrected chi connectivity index (χ0v) is 14.3. The number of nitrogens with one attached hydrogen (secondary N) is 2. The van der Waals surface area contributed by atoms with Crippen molar-refractivity contribution >= 4 is 22.8 Å². The molecule has 1 saturated carbocycles. The zero-order valence-electron chi connectivity index (χ0n) is 14.3. The first kappa shape index (κ1) is 16.8. The lowest BCUT2D eigenvalue weighted by Gasteiger charge is -2.21. The molecular weight excluding hydrogens is 306 g/mol. The van der Waals surface area contributed by atoms with E-state index >= 15 is 0 Å². The van der Waals surface area contributed by atoms with Gasteiger partial charge in [0.2, 0.25) is 0 Å². The van der Waals surface area contributed by atoms with Crippen molar-refractivity contribution in [2.75, 3.05) is 18.5 Å². The highest BCUT2D eigenvalue weighted by Crippen LogP contribution is 2.40. The maximum absolute atomic E-state index is 11.9. The summed E-state index contributed by atoms with van der Waals surface area (Å²) in [6, 6.07) is 5.26. The topological polar surface area (TPSA) is 87.4 Å². The minimum absolute atomic E-state index is 0.102. The van der Waals surface area contributed by atoms with Gasteiger partial charge >= 0.3 is 6.03 Å². The number of urea groups is 1. The van der Waals surface area contributed by atoms with Crippen LogP contribution in [0.25, 0.3) is 11.1 Å². The van der Waals surface area contributed by atoms with Crippen molar-refractivity contribution in [1.82, 2.24) is 10.3 Å². The van der Waals surface area contributed by atoms with Crippen molar-refractivity contribution in [1.29, 1.82) is 0 Å². The second-order valence-electron chi connectivity index (χ2n) is 7.32. The molecule has 1 aromatic carbocycles. The van der Waals surface area contributed by atoms with Gasteiger partial charge in [-0.15, -0.1) is 0 Å². The number of carbonyl (C=O) groups excluding carboxylic acids is 1. The van der Waals surface area contributed by atoms with Gasteiger partial charge in [0.25, 0.3) is 0 Å². The predicted molar refractivity (Wildman–Crippen MR) is 93.1 cm³/mol. The fourth-order valence-electron chi connectivity index (χ4n) is 2.55. The van der Waals surface area contributed by atoms with E-state index in [0.29, 0.717) is 23.7 Å². The zero-order chi connectivity index (χ0) is 17.2. The van der Waals surface area contributed by atoms with Gasteiger partial charge in [0.15, 0.2) is 11.5 Å². The lowest BCUT2D eigenvalue weighted by molar-refractivity contribution is 0.148. The van der Waals surface area contributed by atoms with Crippen LogP contribution >= 0.6 is 0 Å². The smallest absolute Gasteiger partial charge is 0.319 e. The molecule has 3 N–H and O–H groups in total. The Balaban J connectivity index is 1.49. The molecule has 0 atom stereocenters. The summed E-state index contributed by atoms with van der Waals surface area (Å²) >= 11 is 0. The number of anilines is 1. The average Bonchev–Trinajstić information content (AvgIpc) is 3.31. The SMILES string of the molecule is CC(C)(CO)CCCNC(=O)Nc1ccc2nc(C3CC3)oc2c1. The van der Waals surface area contributed by atoms with Gasteiger partial charge in [-0.05, 0) is 43.2 Å². The summed E-state index contributed by atoms with van der Waals surface area (Å²) in [5, 5.41) is 14.9. The molecule has 130 valence electrons. The first-order valence-electron chi connectivity index (χ1n) is 8.53. The Morgan fingerprint density at radius 2 is 2.21 bits per heavy atom. The molecule has 0 spiro atoms. The summed E-state index contributed by atoms with van der Waals surface area (Å²) in [5.74, 6) is 1.28. The van der Waals surface area contributed by atoms with Crippen LogP contribution in [0.2, 0.25) is 0 Å². The minimum Gasteiger partial charge on any atom is -0.440 e. The monoisotopic (exact) mass is 331 g/mol. The van der Waals surface area contributed by atoms with Crippen LogP contribution in [-0.2, 0) is 0 Å². The summed E-state index contributed by atoms with van der Waals surface area (Å²) in [4.78, 5) is 16.4. The van der Waals surface area contributed by atoms with E-state index in [1.807, 2.05) is 32.0 Å². The van der Waals surface area contributed by atoms with Crippen LogP contribution in [-0.4, -0.2) is 29.3 Å². The molecule has 1 aliphatic carbocycles. The molecule has 1 heterocycles. The molecule has 1 aromatic heterocycles. The fourth-order valence-corrected chi connectivity index (χ4v) is 2.55. The van der Waals surface area contributed by atoms with E-state index in [1.54, 1.807) is 0 Å². The summed E-state index contributed by atoms with van der Waals surface area (Å²) in [7, 11) is 0. The third-order valence-electron chi connectivity index (χ3n) is 4.33. The third-order valence-corrected chi connectivity index (χ3v) is 4.33. The number of hydrogen-bond donors (Lipinski definition) is 3. The van der Waals surface area contributed by atoms with Crippen molar-refractivity contribution in [3.63, 3.8) is 0 Å².